The Bertz CT molecular complexity index is 1040. The van der Waals surface area contributed by atoms with Crippen LogP contribution in [-0.4, -0.2) is 35.6 Å². The lowest BCUT2D eigenvalue weighted by atomic mass is 10.0. The SMILES string of the molecule is COc1c(N2CC(N)C3(CC3)C2)c(F)cn2c(=O)[nH]c(=O)c(C3CC3)c12. The van der Waals surface area contributed by atoms with Crippen LogP contribution >= 0.6 is 0 Å². The van der Waals surface area contributed by atoms with Crippen molar-refractivity contribution in [1.29, 1.82) is 0 Å². The third-order valence-electron chi connectivity index (χ3n) is 6.19. The molecule has 1 unspecified atom stereocenters. The molecular weight excluding hydrogens is 339 g/mol. The number of hydrogen-bond donors (Lipinski definition) is 2. The second-order valence-corrected chi connectivity index (χ2v) is 7.87. The van der Waals surface area contributed by atoms with Crippen molar-refractivity contribution in [1.82, 2.24) is 9.38 Å². The zero-order valence-corrected chi connectivity index (χ0v) is 14.5. The first kappa shape index (κ1) is 15.9. The minimum absolute atomic E-state index is 0.00731. The molecule has 1 saturated heterocycles. The molecule has 0 radical (unpaired) electrons. The molecule has 2 aliphatic carbocycles. The van der Waals surface area contributed by atoms with Gasteiger partial charge in [0.1, 0.15) is 11.2 Å². The fourth-order valence-electron chi connectivity index (χ4n) is 4.41. The zero-order valence-electron chi connectivity index (χ0n) is 14.5. The van der Waals surface area contributed by atoms with Gasteiger partial charge in [-0.05, 0) is 31.6 Å². The zero-order chi connectivity index (χ0) is 18.2. The summed E-state index contributed by atoms with van der Waals surface area (Å²) < 4.78 is 21.8. The summed E-state index contributed by atoms with van der Waals surface area (Å²) in [5.41, 5.74) is 6.47. The Kier molecular flexibility index (Phi) is 3.11. The van der Waals surface area contributed by atoms with Gasteiger partial charge in [0.2, 0.25) is 0 Å². The van der Waals surface area contributed by atoms with Crippen LogP contribution in [-0.2, 0) is 0 Å². The highest BCUT2D eigenvalue weighted by molar-refractivity contribution is 5.78. The average Bonchev–Trinajstić information content (AvgIpc) is 3.49. The van der Waals surface area contributed by atoms with Crippen LogP contribution in [0.15, 0.2) is 15.8 Å². The lowest BCUT2D eigenvalue weighted by molar-refractivity contribution is 0.412. The van der Waals surface area contributed by atoms with E-state index in [4.69, 9.17) is 10.5 Å². The Morgan fingerprint density at radius 2 is 2.08 bits per heavy atom. The van der Waals surface area contributed by atoms with E-state index in [9.17, 15) is 9.59 Å². The van der Waals surface area contributed by atoms with E-state index in [0.717, 1.165) is 36.3 Å². The van der Waals surface area contributed by atoms with Crippen molar-refractivity contribution in [2.24, 2.45) is 11.1 Å². The van der Waals surface area contributed by atoms with Crippen molar-refractivity contribution in [2.75, 3.05) is 25.1 Å². The number of anilines is 1. The Labute approximate surface area is 148 Å². The van der Waals surface area contributed by atoms with E-state index in [2.05, 4.69) is 4.98 Å². The number of fused-ring (bicyclic) bond motifs is 1. The van der Waals surface area contributed by atoms with Gasteiger partial charge in [0.15, 0.2) is 11.6 Å². The van der Waals surface area contributed by atoms with Crippen LogP contribution in [0.4, 0.5) is 10.1 Å². The first-order valence-corrected chi connectivity index (χ1v) is 9.01. The summed E-state index contributed by atoms with van der Waals surface area (Å²) in [6.07, 6.45) is 5.01. The van der Waals surface area contributed by atoms with Gasteiger partial charge < -0.3 is 15.4 Å². The summed E-state index contributed by atoms with van der Waals surface area (Å²) in [6.45, 7) is 1.21. The van der Waals surface area contributed by atoms with E-state index in [-0.39, 0.29) is 23.1 Å². The smallest absolute Gasteiger partial charge is 0.333 e. The lowest BCUT2D eigenvalue weighted by Crippen LogP contribution is -2.32. The fourth-order valence-corrected chi connectivity index (χ4v) is 4.41. The van der Waals surface area contributed by atoms with Crippen molar-refractivity contribution in [2.45, 2.75) is 37.6 Å². The third-order valence-corrected chi connectivity index (χ3v) is 6.19. The van der Waals surface area contributed by atoms with Crippen LogP contribution in [0.2, 0.25) is 0 Å². The van der Waals surface area contributed by atoms with Crippen LogP contribution in [0.5, 0.6) is 5.75 Å². The number of H-pyrrole nitrogens is 1. The summed E-state index contributed by atoms with van der Waals surface area (Å²) in [7, 11) is 1.45. The van der Waals surface area contributed by atoms with Crippen LogP contribution in [0.3, 0.4) is 0 Å². The topological polar surface area (TPSA) is 92.8 Å². The second-order valence-electron chi connectivity index (χ2n) is 7.87. The van der Waals surface area contributed by atoms with Crippen molar-refractivity contribution in [3.63, 3.8) is 0 Å². The number of halogens is 1. The Balaban J connectivity index is 1.79. The van der Waals surface area contributed by atoms with Crippen molar-refractivity contribution in [3.05, 3.63) is 38.4 Å². The highest BCUT2D eigenvalue weighted by atomic mass is 19.1. The summed E-state index contributed by atoms with van der Waals surface area (Å²) in [6, 6.07) is -0.00731. The van der Waals surface area contributed by atoms with Crippen LogP contribution < -0.4 is 26.6 Å². The molecule has 3 fully saturated rings. The summed E-state index contributed by atoms with van der Waals surface area (Å²) in [5.74, 6) is -0.215. The maximum Gasteiger partial charge on any atom is 0.333 e. The number of aromatic amines is 1. The van der Waals surface area contributed by atoms with Crippen LogP contribution in [0.25, 0.3) is 5.52 Å². The number of pyridine rings is 1. The van der Waals surface area contributed by atoms with Crippen molar-refractivity contribution in [3.8, 4) is 5.75 Å². The molecule has 0 amide bonds. The highest BCUT2D eigenvalue weighted by Gasteiger charge is 2.54. The molecule has 8 heteroatoms. The predicted octanol–water partition coefficient (Wildman–Crippen LogP) is 0.940. The molecule has 0 aromatic carbocycles. The number of nitrogens with one attached hydrogen (secondary N) is 1. The van der Waals surface area contributed by atoms with Gasteiger partial charge >= 0.3 is 5.69 Å². The molecule has 3 heterocycles. The van der Waals surface area contributed by atoms with E-state index < -0.39 is 17.1 Å². The molecular formula is C18H21FN4O3. The monoisotopic (exact) mass is 360 g/mol. The normalized spacial score (nSPS) is 23.8. The van der Waals surface area contributed by atoms with E-state index >= 15 is 4.39 Å². The molecule has 1 spiro atoms. The molecule has 2 saturated carbocycles. The quantitative estimate of drug-likeness (QED) is 0.850. The van der Waals surface area contributed by atoms with Gasteiger partial charge in [-0.2, -0.15) is 0 Å². The molecule has 5 rings (SSSR count). The average molecular weight is 360 g/mol. The first-order chi connectivity index (χ1) is 12.4. The minimum atomic E-state index is -0.657. The molecule has 2 aromatic rings. The highest BCUT2D eigenvalue weighted by Crippen LogP contribution is 2.54. The molecule has 1 atom stereocenters. The largest absolute Gasteiger partial charge is 0.492 e. The molecule has 26 heavy (non-hydrogen) atoms. The van der Waals surface area contributed by atoms with Gasteiger partial charge in [0.25, 0.3) is 5.56 Å². The number of rotatable bonds is 3. The van der Waals surface area contributed by atoms with E-state index in [1.54, 1.807) is 0 Å². The minimum Gasteiger partial charge on any atom is -0.492 e. The van der Waals surface area contributed by atoms with Gasteiger partial charge in [-0.3, -0.25) is 14.2 Å². The van der Waals surface area contributed by atoms with Gasteiger partial charge in [-0.25, -0.2) is 9.18 Å². The molecule has 3 N–H and O–H groups in total. The van der Waals surface area contributed by atoms with Crippen molar-refractivity contribution >= 4 is 11.2 Å². The van der Waals surface area contributed by atoms with Gasteiger partial charge in [-0.1, -0.05) is 0 Å². The van der Waals surface area contributed by atoms with E-state index in [0.29, 0.717) is 29.9 Å². The first-order valence-electron chi connectivity index (χ1n) is 9.01. The molecule has 1 aliphatic heterocycles. The predicted molar refractivity (Wildman–Crippen MR) is 94.6 cm³/mol. The van der Waals surface area contributed by atoms with E-state index in [1.807, 2.05) is 4.90 Å². The summed E-state index contributed by atoms with van der Waals surface area (Å²) in [4.78, 5) is 28.9. The standard InChI is InChI=1S/C18H21FN4O3/c1-26-15-13(22-7-11(20)18(8-22)4-5-18)10(19)6-23-14(15)12(9-2-3-9)16(24)21-17(23)25/h6,9,11H,2-5,7-8,20H2,1H3,(H,21,24,25). The Hall–Kier alpha value is -2.35. The fraction of sp³-hybridized carbons (Fsp3) is 0.556. The summed E-state index contributed by atoms with van der Waals surface area (Å²) >= 11 is 0. The third kappa shape index (κ3) is 2.08. The number of ether oxygens (including phenoxy) is 1. The number of nitrogens with zero attached hydrogens (tertiary/aromatic N) is 2. The molecule has 0 bridgehead atoms. The Morgan fingerprint density at radius 3 is 2.65 bits per heavy atom. The lowest BCUT2D eigenvalue weighted by Gasteiger charge is -2.24. The molecule has 138 valence electrons. The van der Waals surface area contributed by atoms with Crippen LogP contribution in [0.1, 0.15) is 37.2 Å². The van der Waals surface area contributed by atoms with Crippen molar-refractivity contribution < 1.29 is 9.13 Å². The van der Waals surface area contributed by atoms with Gasteiger partial charge in [0.05, 0.1) is 13.3 Å². The van der Waals surface area contributed by atoms with Gasteiger partial charge in [-0.15, -0.1) is 0 Å². The maximum absolute atomic E-state index is 15.0. The number of nitrogens with two attached hydrogens (primary N) is 1. The molecule has 7 nitrogen and oxygen atoms in total. The molecule has 2 aromatic heterocycles. The summed E-state index contributed by atoms with van der Waals surface area (Å²) in [5, 5.41) is 0. The number of aromatic nitrogens is 2. The Morgan fingerprint density at radius 1 is 1.35 bits per heavy atom. The maximum atomic E-state index is 15.0. The van der Waals surface area contributed by atoms with Gasteiger partial charge in [0, 0.05) is 30.1 Å². The number of methoxy groups -OCH3 is 1. The molecule has 3 aliphatic rings. The number of hydrogen-bond acceptors (Lipinski definition) is 5. The van der Waals surface area contributed by atoms with Crippen LogP contribution in [0, 0.1) is 11.2 Å². The van der Waals surface area contributed by atoms with E-state index in [1.165, 1.54) is 7.11 Å². The second kappa shape index (κ2) is 5.09.